The molecule has 0 aliphatic carbocycles. The number of halogens is 1. The molecule has 3 nitrogen and oxygen atoms in total. The zero-order valence-corrected chi connectivity index (χ0v) is 20.6. The minimum Gasteiger partial charge on any atom is -0.283 e. The number of rotatable bonds is 5. The Morgan fingerprint density at radius 1 is 0.970 bits per heavy atom. The lowest BCUT2D eigenvalue weighted by Crippen LogP contribution is -2.24. The number of fused-ring (bicyclic) bond motifs is 1. The van der Waals surface area contributed by atoms with Gasteiger partial charge in [-0.25, -0.2) is 9.37 Å². The summed E-state index contributed by atoms with van der Waals surface area (Å²) in [5.74, 6) is 0.429. The van der Waals surface area contributed by atoms with Crippen molar-refractivity contribution in [1.29, 1.82) is 0 Å². The zero-order chi connectivity index (χ0) is 23.8. The number of thioether (sulfide) groups is 1. The summed E-state index contributed by atoms with van der Waals surface area (Å²) in [5, 5.41) is 1.26. The van der Waals surface area contributed by atoms with Crippen molar-refractivity contribution in [3.63, 3.8) is 0 Å². The second kappa shape index (κ2) is 9.14. The average molecular weight is 461 g/mol. The molecule has 1 heterocycles. The van der Waals surface area contributed by atoms with Gasteiger partial charge in [0, 0.05) is 5.75 Å². The van der Waals surface area contributed by atoms with Gasteiger partial charge in [0.15, 0.2) is 5.16 Å². The lowest BCUT2D eigenvalue weighted by atomic mass is 9.84. The summed E-state index contributed by atoms with van der Waals surface area (Å²) in [4.78, 5) is 18.2. The van der Waals surface area contributed by atoms with Gasteiger partial charge in [-0.15, -0.1) is 0 Å². The fourth-order valence-electron chi connectivity index (χ4n) is 3.96. The van der Waals surface area contributed by atoms with Gasteiger partial charge in [-0.1, -0.05) is 68.9 Å². The van der Waals surface area contributed by atoms with Crippen LogP contribution in [-0.2, 0) is 17.7 Å². The van der Waals surface area contributed by atoms with E-state index in [1.807, 2.05) is 18.2 Å². The van der Waals surface area contributed by atoms with Crippen LogP contribution >= 0.6 is 11.8 Å². The molecule has 0 bridgehead atoms. The lowest BCUT2D eigenvalue weighted by molar-refractivity contribution is 0.589. The lowest BCUT2D eigenvalue weighted by Gasteiger charge is -2.22. The first-order valence-electron chi connectivity index (χ1n) is 11.1. The van der Waals surface area contributed by atoms with Crippen LogP contribution in [0.5, 0.6) is 0 Å². The van der Waals surface area contributed by atoms with Crippen molar-refractivity contribution < 1.29 is 4.39 Å². The molecule has 3 aromatic carbocycles. The molecule has 0 saturated heterocycles. The fraction of sp³-hybridized carbons (Fsp3) is 0.286. The van der Waals surface area contributed by atoms with E-state index in [9.17, 15) is 9.18 Å². The first kappa shape index (κ1) is 23.2. The summed E-state index contributed by atoms with van der Waals surface area (Å²) in [7, 11) is 0. The van der Waals surface area contributed by atoms with Crippen LogP contribution < -0.4 is 5.56 Å². The maximum Gasteiger partial charge on any atom is 0.262 e. The SMILES string of the molecule is Cc1cc(C(C)(C)C)cc(C)c1CSc1nc2ccccc2c(=O)n1Cc1ccc(F)cc1. The molecule has 0 aliphatic rings. The molecule has 1 aromatic heterocycles. The molecule has 0 atom stereocenters. The summed E-state index contributed by atoms with van der Waals surface area (Å²) in [6, 6.07) is 18.2. The van der Waals surface area contributed by atoms with Gasteiger partial charge in [-0.05, 0) is 71.3 Å². The number of aromatic nitrogens is 2. The molecule has 0 amide bonds. The van der Waals surface area contributed by atoms with Gasteiger partial charge < -0.3 is 0 Å². The number of aryl methyl sites for hydroxylation is 2. The maximum atomic E-state index is 13.4. The van der Waals surface area contributed by atoms with Crippen LogP contribution in [0.1, 0.15) is 48.6 Å². The Labute approximate surface area is 198 Å². The number of hydrogen-bond donors (Lipinski definition) is 0. The van der Waals surface area contributed by atoms with E-state index in [1.165, 1.54) is 34.4 Å². The van der Waals surface area contributed by atoms with E-state index < -0.39 is 0 Å². The molecule has 4 rings (SSSR count). The zero-order valence-electron chi connectivity index (χ0n) is 19.8. The second-order valence-corrected chi connectivity index (χ2v) is 10.5. The molecule has 0 N–H and O–H groups in total. The van der Waals surface area contributed by atoms with Gasteiger partial charge >= 0.3 is 0 Å². The van der Waals surface area contributed by atoms with E-state index in [0.29, 0.717) is 22.6 Å². The van der Waals surface area contributed by atoms with Crippen molar-refractivity contribution >= 4 is 22.7 Å². The standard InChI is InChI=1S/C28H29FN2OS/c1-18-14-21(28(3,4)5)15-19(2)24(18)17-33-27-30-25-9-7-6-8-23(25)26(32)31(27)16-20-10-12-22(29)13-11-20/h6-15H,16-17H2,1-5H3. The minimum absolute atomic E-state index is 0.0797. The van der Waals surface area contributed by atoms with Crippen LogP contribution in [0.15, 0.2) is 70.6 Å². The molecule has 0 unspecified atom stereocenters. The first-order valence-corrected chi connectivity index (χ1v) is 12.1. The first-order chi connectivity index (χ1) is 15.6. The van der Waals surface area contributed by atoms with Crippen molar-refractivity contribution in [2.45, 2.75) is 57.5 Å². The van der Waals surface area contributed by atoms with Gasteiger partial charge in [0.25, 0.3) is 5.56 Å². The van der Waals surface area contributed by atoms with Crippen LogP contribution in [0, 0.1) is 19.7 Å². The Kier molecular flexibility index (Phi) is 6.44. The Balaban J connectivity index is 1.73. The number of hydrogen-bond acceptors (Lipinski definition) is 3. The highest BCUT2D eigenvalue weighted by Crippen LogP contribution is 2.31. The predicted octanol–water partition coefficient (Wildman–Crippen LogP) is 6.79. The highest BCUT2D eigenvalue weighted by atomic mass is 32.2. The highest BCUT2D eigenvalue weighted by Gasteiger charge is 2.18. The molecule has 0 radical (unpaired) electrons. The van der Waals surface area contributed by atoms with Crippen molar-refractivity contribution in [2.24, 2.45) is 0 Å². The predicted molar refractivity (Wildman–Crippen MR) is 136 cm³/mol. The Morgan fingerprint density at radius 2 is 1.61 bits per heavy atom. The molecular weight excluding hydrogens is 431 g/mol. The van der Waals surface area contributed by atoms with Crippen molar-refractivity contribution in [1.82, 2.24) is 9.55 Å². The monoisotopic (exact) mass is 460 g/mol. The van der Waals surface area contributed by atoms with Crippen molar-refractivity contribution in [3.8, 4) is 0 Å². The third-order valence-corrected chi connectivity index (χ3v) is 6.99. The van der Waals surface area contributed by atoms with Crippen LogP contribution in [-0.4, -0.2) is 9.55 Å². The van der Waals surface area contributed by atoms with E-state index in [0.717, 1.165) is 11.3 Å². The van der Waals surface area contributed by atoms with Gasteiger partial charge in [-0.3, -0.25) is 9.36 Å². The Hall–Kier alpha value is -2.92. The second-order valence-electron chi connectivity index (χ2n) is 9.56. The van der Waals surface area contributed by atoms with Crippen LogP contribution in [0.4, 0.5) is 4.39 Å². The smallest absolute Gasteiger partial charge is 0.262 e. The van der Waals surface area contributed by atoms with E-state index in [4.69, 9.17) is 4.98 Å². The summed E-state index contributed by atoms with van der Waals surface area (Å²) in [6.45, 7) is 11.3. The molecule has 0 spiro atoms. The number of nitrogens with zero attached hydrogens (tertiary/aromatic N) is 2. The Bertz CT molecular complexity index is 1340. The third kappa shape index (κ3) is 5.03. The van der Waals surface area contributed by atoms with Crippen LogP contribution in [0.2, 0.25) is 0 Å². The van der Waals surface area contributed by atoms with E-state index in [2.05, 4.69) is 46.8 Å². The maximum absolute atomic E-state index is 13.4. The summed E-state index contributed by atoms with van der Waals surface area (Å²) < 4.78 is 15.1. The molecule has 170 valence electrons. The normalized spacial score (nSPS) is 11.8. The van der Waals surface area contributed by atoms with E-state index >= 15 is 0 Å². The van der Waals surface area contributed by atoms with Gasteiger partial charge in [0.05, 0.1) is 17.4 Å². The van der Waals surface area contributed by atoms with Gasteiger partial charge in [-0.2, -0.15) is 0 Å². The van der Waals surface area contributed by atoms with Gasteiger partial charge in [0.2, 0.25) is 0 Å². The molecule has 4 aromatic rings. The summed E-state index contributed by atoms with van der Waals surface area (Å²) in [6.07, 6.45) is 0. The van der Waals surface area contributed by atoms with Crippen LogP contribution in [0.25, 0.3) is 10.9 Å². The molecule has 5 heteroatoms. The molecule has 0 fully saturated rings. The average Bonchev–Trinajstić information content (AvgIpc) is 2.76. The van der Waals surface area contributed by atoms with E-state index in [1.54, 1.807) is 34.5 Å². The van der Waals surface area contributed by atoms with Gasteiger partial charge in [0.1, 0.15) is 5.82 Å². The largest absolute Gasteiger partial charge is 0.283 e. The molecule has 0 aliphatic heterocycles. The molecular formula is C28H29FN2OS. The summed E-state index contributed by atoms with van der Waals surface area (Å²) >= 11 is 1.57. The Morgan fingerprint density at radius 3 is 2.24 bits per heavy atom. The fourth-order valence-corrected chi connectivity index (χ4v) is 5.16. The van der Waals surface area contributed by atoms with Crippen LogP contribution in [0.3, 0.4) is 0 Å². The van der Waals surface area contributed by atoms with Crippen molar-refractivity contribution in [2.75, 3.05) is 0 Å². The third-order valence-electron chi connectivity index (χ3n) is 5.99. The summed E-state index contributed by atoms with van der Waals surface area (Å²) in [5.41, 5.74) is 6.66. The minimum atomic E-state index is -0.290. The van der Waals surface area contributed by atoms with E-state index in [-0.39, 0.29) is 16.8 Å². The number of benzene rings is 3. The molecule has 0 saturated carbocycles. The number of para-hydroxylation sites is 1. The molecule has 33 heavy (non-hydrogen) atoms. The van der Waals surface area contributed by atoms with Crippen molar-refractivity contribution in [3.05, 3.63) is 105 Å². The topological polar surface area (TPSA) is 34.9 Å². The quantitative estimate of drug-likeness (QED) is 0.243. The highest BCUT2D eigenvalue weighted by molar-refractivity contribution is 7.98.